The maximum Gasteiger partial charge on any atom is 0.333 e. The molecule has 0 bridgehead atoms. The van der Waals surface area contributed by atoms with E-state index in [4.69, 9.17) is 4.74 Å². The van der Waals surface area contributed by atoms with Crippen molar-refractivity contribution in [2.75, 3.05) is 14.1 Å². The summed E-state index contributed by atoms with van der Waals surface area (Å²) in [7, 11) is 5.97. The van der Waals surface area contributed by atoms with Crippen molar-refractivity contribution >= 4 is 5.91 Å². The Kier molecular flexibility index (Phi) is 4.55. The smallest absolute Gasteiger partial charge is 0.333 e. The van der Waals surface area contributed by atoms with Gasteiger partial charge in [0.1, 0.15) is 11.8 Å². The van der Waals surface area contributed by atoms with Gasteiger partial charge in [-0.3, -0.25) is 18.7 Å². The van der Waals surface area contributed by atoms with Gasteiger partial charge >= 0.3 is 5.69 Å². The molecule has 124 valence electrons. The summed E-state index contributed by atoms with van der Waals surface area (Å²) in [6.07, 6.45) is 0. The van der Waals surface area contributed by atoms with Crippen LogP contribution in [0, 0.1) is 11.3 Å². The van der Waals surface area contributed by atoms with Crippen LogP contribution < -0.4 is 16.0 Å². The van der Waals surface area contributed by atoms with Crippen molar-refractivity contribution in [2.45, 2.75) is 0 Å². The van der Waals surface area contributed by atoms with Gasteiger partial charge in [-0.1, -0.05) is 0 Å². The average Bonchev–Trinajstić information content (AvgIpc) is 2.58. The van der Waals surface area contributed by atoms with Gasteiger partial charge in [-0.25, -0.2) is 4.79 Å². The van der Waals surface area contributed by atoms with E-state index in [2.05, 4.69) is 0 Å². The second-order valence-corrected chi connectivity index (χ2v) is 5.32. The number of benzene rings is 1. The highest BCUT2D eigenvalue weighted by Gasteiger charge is 2.17. The summed E-state index contributed by atoms with van der Waals surface area (Å²) in [5.41, 5.74) is -1.14. The van der Waals surface area contributed by atoms with E-state index in [9.17, 15) is 19.6 Å². The predicted molar refractivity (Wildman–Crippen MR) is 86.2 cm³/mol. The summed E-state index contributed by atoms with van der Waals surface area (Å²) in [6, 6.07) is 7.93. The van der Waals surface area contributed by atoms with Crippen molar-refractivity contribution in [3.63, 3.8) is 0 Å². The highest BCUT2D eigenvalue weighted by atomic mass is 16.5. The number of carbonyl (C=O) groups is 1. The summed E-state index contributed by atoms with van der Waals surface area (Å²) in [5.74, 6) is -0.0115. The molecule has 1 aromatic carbocycles. The van der Waals surface area contributed by atoms with Gasteiger partial charge in [0.15, 0.2) is 5.56 Å². The Morgan fingerprint density at radius 1 is 1.12 bits per heavy atom. The molecule has 0 N–H and O–H groups in total. The van der Waals surface area contributed by atoms with Crippen LogP contribution in [0.1, 0.15) is 15.9 Å². The molecule has 0 atom stereocenters. The standard InChI is InChI=1S/C16H16N4O4/c1-18(2)13(21)10-5-7-11(8-6-10)24-15-12(9-17)14(22)19(3)16(23)20(15)4/h5-8H,1-4H3. The first kappa shape index (κ1) is 17.0. The first-order valence-electron chi connectivity index (χ1n) is 6.97. The maximum atomic E-state index is 12.0. The first-order valence-corrected chi connectivity index (χ1v) is 6.97. The Hall–Kier alpha value is -3.34. The molecule has 2 rings (SSSR count). The van der Waals surface area contributed by atoms with Crippen molar-refractivity contribution in [3.05, 3.63) is 56.2 Å². The van der Waals surface area contributed by atoms with E-state index >= 15 is 0 Å². The zero-order valence-electron chi connectivity index (χ0n) is 13.7. The highest BCUT2D eigenvalue weighted by Crippen LogP contribution is 2.22. The lowest BCUT2D eigenvalue weighted by molar-refractivity contribution is 0.0827. The van der Waals surface area contributed by atoms with E-state index in [0.29, 0.717) is 11.3 Å². The summed E-state index contributed by atoms with van der Waals surface area (Å²) in [4.78, 5) is 37.3. The number of hydrogen-bond acceptors (Lipinski definition) is 5. The van der Waals surface area contributed by atoms with E-state index in [-0.39, 0.29) is 17.4 Å². The van der Waals surface area contributed by atoms with Crippen LogP contribution in [-0.4, -0.2) is 34.0 Å². The topological polar surface area (TPSA) is 97.3 Å². The van der Waals surface area contributed by atoms with Gasteiger partial charge in [-0.15, -0.1) is 0 Å². The van der Waals surface area contributed by atoms with Crippen LogP contribution in [0.2, 0.25) is 0 Å². The van der Waals surface area contributed by atoms with E-state index < -0.39 is 11.2 Å². The van der Waals surface area contributed by atoms with Crippen LogP contribution in [0.4, 0.5) is 0 Å². The molecule has 0 aliphatic carbocycles. The Bertz CT molecular complexity index is 946. The van der Waals surface area contributed by atoms with Crippen LogP contribution in [-0.2, 0) is 14.1 Å². The number of amides is 1. The van der Waals surface area contributed by atoms with E-state index in [1.165, 1.54) is 31.1 Å². The molecule has 0 saturated carbocycles. The summed E-state index contributed by atoms with van der Waals surface area (Å²) in [6.45, 7) is 0. The van der Waals surface area contributed by atoms with Gasteiger partial charge in [0, 0.05) is 33.8 Å². The molecule has 0 aliphatic heterocycles. The number of nitriles is 1. The lowest BCUT2D eigenvalue weighted by atomic mass is 10.2. The fourth-order valence-electron chi connectivity index (χ4n) is 2.08. The van der Waals surface area contributed by atoms with E-state index in [1.54, 1.807) is 32.3 Å². The SMILES string of the molecule is CN(C)C(=O)c1ccc(Oc2c(C#N)c(=O)n(C)c(=O)n2C)cc1. The molecule has 8 heteroatoms. The average molecular weight is 328 g/mol. The third-order valence-corrected chi connectivity index (χ3v) is 3.44. The van der Waals surface area contributed by atoms with Gasteiger partial charge < -0.3 is 9.64 Å². The summed E-state index contributed by atoms with van der Waals surface area (Å²) in [5, 5.41) is 9.19. The van der Waals surface area contributed by atoms with Crippen molar-refractivity contribution in [1.82, 2.24) is 14.0 Å². The number of ether oxygens (including phenoxy) is 1. The fourth-order valence-corrected chi connectivity index (χ4v) is 2.08. The molecule has 2 aromatic rings. The number of carbonyl (C=O) groups excluding carboxylic acids is 1. The third-order valence-electron chi connectivity index (χ3n) is 3.44. The fraction of sp³-hybridized carbons (Fsp3) is 0.250. The lowest BCUT2D eigenvalue weighted by Gasteiger charge is -2.13. The number of aromatic nitrogens is 2. The van der Waals surface area contributed by atoms with Crippen molar-refractivity contribution in [2.24, 2.45) is 14.1 Å². The third kappa shape index (κ3) is 2.92. The normalized spacial score (nSPS) is 10.1. The largest absolute Gasteiger partial charge is 0.439 e. The Morgan fingerprint density at radius 3 is 2.21 bits per heavy atom. The second kappa shape index (κ2) is 6.42. The number of nitrogens with zero attached hydrogens (tertiary/aromatic N) is 4. The summed E-state index contributed by atoms with van der Waals surface area (Å²) >= 11 is 0. The second-order valence-electron chi connectivity index (χ2n) is 5.32. The van der Waals surface area contributed by atoms with Crippen LogP contribution in [0.25, 0.3) is 0 Å². The quantitative estimate of drug-likeness (QED) is 0.815. The van der Waals surface area contributed by atoms with Gasteiger partial charge in [-0.05, 0) is 24.3 Å². The van der Waals surface area contributed by atoms with Crippen LogP contribution in [0.15, 0.2) is 33.9 Å². The highest BCUT2D eigenvalue weighted by molar-refractivity contribution is 5.93. The Morgan fingerprint density at radius 2 is 1.71 bits per heavy atom. The molecule has 8 nitrogen and oxygen atoms in total. The minimum Gasteiger partial charge on any atom is -0.439 e. The lowest BCUT2D eigenvalue weighted by Crippen LogP contribution is -2.38. The minimum atomic E-state index is -0.727. The monoisotopic (exact) mass is 328 g/mol. The molecule has 1 amide bonds. The van der Waals surface area contributed by atoms with Crippen molar-refractivity contribution < 1.29 is 9.53 Å². The molecular weight excluding hydrogens is 312 g/mol. The molecule has 0 fully saturated rings. The molecule has 0 saturated heterocycles. The molecule has 1 heterocycles. The van der Waals surface area contributed by atoms with Gasteiger partial charge in [0.2, 0.25) is 5.88 Å². The van der Waals surface area contributed by atoms with Crippen LogP contribution in [0.5, 0.6) is 11.6 Å². The van der Waals surface area contributed by atoms with Crippen LogP contribution in [0.3, 0.4) is 0 Å². The van der Waals surface area contributed by atoms with E-state index in [0.717, 1.165) is 9.13 Å². The molecule has 0 spiro atoms. The molecule has 24 heavy (non-hydrogen) atoms. The number of rotatable bonds is 3. The molecular formula is C16H16N4O4. The maximum absolute atomic E-state index is 12.0. The molecule has 1 aromatic heterocycles. The van der Waals surface area contributed by atoms with E-state index in [1.807, 2.05) is 0 Å². The summed E-state index contributed by atoms with van der Waals surface area (Å²) < 4.78 is 7.47. The zero-order chi connectivity index (χ0) is 18.0. The number of hydrogen-bond donors (Lipinski definition) is 0. The molecule has 0 aliphatic rings. The van der Waals surface area contributed by atoms with Gasteiger partial charge in [0.25, 0.3) is 11.5 Å². The first-order chi connectivity index (χ1) is 11.3. The van der Waals surface area contributed by atoms with Crippen molar-refractivity contribution in [1.29, 1.82) is 5.26 Å². The minimum absolute atomic E-state index is 0.141. The van der Waals surface area contributed by atoms with Crippen LogP contribution >= 0.6 is 0 Å². The zero-order valence-corrected chi connectivity index (χ0v) is 13.7. The Balaban J connectivity index is 2.46. The van der Waals surface area contributed by atoms with Gasteiger partial charge in [-0.2, -0.15) is 5.26 Å². The Labute approximate surface area is 137 Å². The van der Waals surface area contributed by atoms with Gasteiger partial charge in [0.05, 0.1) is 0 Å². The molecule has 0 radical (unpaired) electrons. The molecule has 0 unspecified atom stereocenters. The predicted octanol–water partition coefficient (Wildman–Crippen LogP) is 0.450. The van der Waals surface area contributed by atoms with Crippen molar-refractivity contribution in [3.8, 4) is 17.7 Å².